The van der Waals surface area contributed by atoms with Crippen LogP contribution in [0, 0.1) is 0 Å². The van der Waals surface area contributed by atoms with Crippen molar-refractivity contribution in [2.75, 3.05) is 52.2 Å². The van der Waals surface area contributed by atoms with Crippen molar-refractivity contribution in [3.8, 4) is 5.75 Å². The summed E-state index contributed by atoms with van der Waals surface area (Å²) in [7, 11) is 3.67. The summed E-state index contributed by atoms with van der Waals surface area (Å²) in [6.45, 7) is 3.63. The van der Waals surface area contributed by atoms with E-state index in [0.717, 1.165) is 19.6 Å². The molecular weight excluding hydrogens is 268 g/mol. The highest BCUT2D eigenvalue weighted by Crippen LogP contribution is 2.23. The van der Waals surface area contributed by atoms with Crippen LogP contribution in [-0.2, 0) is 4.79 Å². The molecule has 0 radical (unpaired) electrons. The summed E-state index contributed by atoms with van der Waals surface area (Å²) in [5.41, 5.74) is 6.51. The van der Waals surface area contributed by atoms with Gasteiger partial charge >= 0.3 is 0 Å². The van der Waals surface area contributed by atoms with E-state index in [2.05, 4.69) is 22.2 Å². The number of anilines is 1. The number of carbonyl (C=O) groups excluding carboxylic acids is 1. The van der Waals surface area contributed by atoms with Gasteiger partial charge in [0.1, 0.15) is 5.75 Å². The maximum absolute atomic E-state index is 12.2. The first kappa shape index (κ1) is 15.8. The Bertz CT molecular complexity index is 480. The number of nitrogens with zero attached hydrogens (tertiary/aromatic N) is 2. The fourth-order valence-electron chi connectivity index (χ4n) is 2.60. The zero-order valence-electron chi connectivity index (χ0n) is 12.7. The topological polar surface area (TPSA) is 70.8 Å². The van der Waals surface area contributed by atoms with E-state index in [1.165, 1.54) is 0 Å². The molecule has 1 aliphatic heterocycles. The Morgan fingerprint density at radius 3 is 2.90 bits per heavy atom. The largest absolute Gasteiger partial charge is 0.495 e. The van der Waals surface area contributed by atoms with E-state index in [9.17, 15) is 4.79 Å². The maximum Gasteiger partial charge on any atom is 0.238 e. The van der Waals surface area contributed by atoms with Crippen LogP contribution >= 0.6 is 0 Å². The van der Waals surface area contributed by atoms with Gasteiger partial charge in [-0.3, -0.25) is 9.69 Å². The summed E-state index contributed by atoms with van der Waals surface area (Å²) in [6.07, 6.45) is 0. The lowest BCUT2D eigenvalue weighted by Gasteiger charge is -2.39. The molecule has 6 heteroatoms. The minimum atomic E-state index is -0.0393. The van der Waals surface area contributed by atoms with Crippen LogP contribution in [0.15, 0.2) is 24.3 Å². The standard InChI is InChI=1S/C15H24N4O2/c1-18-7-8-19(12(9-16)10-18)11-15(20)17-13-5-3-4-6-14(13)21-2/h3-6,12H,7-11,16H2,1-2H3,(H,17,20). The molecule has 0 aromatic heterocycles. The number of rotatable bonds is 5. The van der Waals surface area contributed by atoms with E-state index in [1.54, 1.807) is 7.11 Å². The summed E-state index contributed by atoms with van der Waals surface area (Å²) >= 11 is 0. The van der Waals surface area contributed by atoms with Gasteiger partial charge in [-0.05, 0) is 19.2 Å². The lowest BCUT2D eigenvalue weighted by atomic mass is 10.1. The summed E-state index contributed by atoms with van der Waals surface area (Å²) in [4.78, 5) is 16.6. The van der Waals surface area contributed by atoms with Gasteiger partial charge in [0.25, 0.3) is 0 Å². The van der Waals surface area contributed by atoms with Crippen LogP contribution in [0.3, 0.4) is 0 Å². The minimum absolute atomic E-state index is 0.0393. The number of para-hydroxylation sites is 2. The van der Waals surface area contributed by atoms with E-state index in [-0.39, 0.29) is 11.9 Å². The Kier molecular flexibility index (Phi) is 5.55. The first-order valence-corrected chi connectivity index (χ1v) is 7.19. The molecule has 21 heavy (non-hydrogen) atoms. The predicted molar refractivity (Wildman–Crippen MR) is 83.5 cm³/mol. The highest BCUT2D eigenvalue weighted by Gasteiger charge is 2.25. The molecule has 0 saturated carbocycles. The second-order valence-corrected chi connectivity index (χ2v) is 5.37. The van der Waals surface area contributed by atoms with Gasteiger partial charge in [0.15, 0.2) is 0 Å². The number of piperazine rings is 1. The van der Waals surface area contributed by atoms with Gasteiger partial charge < -0.3 is 20.7 Å². The lowest BCUT2D eigenvalue weighted by molar-refractivity contribution is -0.118. The van der Waals surface area contributed by atoms with Crippen molar-refractivity contribution >= 4 is 11.6 Å². The molecule has 1 aromatic carbocycles. The summed E-state index contributed by atoms with van der Waals surface area (Å²) in [5.74, 6) is 0.627. The van der Waals surface area contributed by atoms with Crippen LogP contribution in [0.5, 0.6) is 5.75 Å². The average molecular weight is 292 g/mol. The van der Waals surface area contributed by atoms with Gasteiger partial charge in [-0.15, -0.1) is 0 Å². The summed E-state index contributed by atoms with van der Waals surface area (Å²) in [6, 6.07) is 7.64. The molecule has 1 fully saturated rings. The zero-order chi connectivity index (χ0) is 15.2. The third-order valence-electron chi connectivity index (χ3n) is 3.81. The highest BCUT2D eigenvalue weighted by molar-refractivity contribution is 5.93. The van der Waals surface area contributed by atoms with E-state index in [0.29, 0.717) is 24.5 Å². The number of nitrogens with two attached hydrogens (primary N) is 1. The SMILES string of the molecule is COc1ccccc1NC(=O)CN1CCN(C)CC1CN. The highest BCUT2D eigenvalue weighted by atomic mass is 16.5. The third kappa shape index (κ3) is 4.17. The first-order valence-electron chi connectivity index (χ1n) is 7.19. The van der Waals surface area contributed by atoms with Crippen LogP contribution in [-0.4, -0.2) is 68.6 Å². The summed E-state index contributed by atoms with van der Waals surface area (Å²) in [5, 5.41) is 2.90. The quantitative estimate of drug-likeness (QED) is 0.812. The molecule has 1 amide bonds. The molecule has 0 aliphatic carbocycles. The normalized spacial score (nSPS) is 20.2. The average Bonchev–Trinajstić information content (AvgIpc) is 2.49. The van der Waals surface area contributed by atoms with Crippen molar-refractivity contribution in [3.05, 3.63) is 24.3 Å². The van der Waals surface area contributed by atoms with Crippen molar-refractivity contribution in [2.45, 2.75) is 6.04 Å². The first-order chi connectivity index (χ1) is 10.1. The molecule has 3 N–H and O–H groups in total. The summed E-state index contributed by atoms with van der Waals surface area (Å²) < 4.78 is 5.24. The maximum atomic E-state index is 12.2. The number of benzene rings is 1. The number of likely N-dealkylation sites (N-methyl/N-ethyl adjacent to an activating group) is 1. The molecule has 1 aliphatic rings. The molecule has 0 spiro atoms. The lowest BCUT2D eigenvalue weighted by Crippen LogP contribution is -2.56. The molecule has 0 bridgehead atoms. The van der Waals surface area contributed by atoms with Crippen LogP contribution in [0.4, 0.5) is 5.69 Å². The van der Waals surface area contributed by atoms with E-state index in [4.69, 9.17) is 10.5 Å². The molecule has 1 aromatic rings. The van der Waals surface area contributed by atoms with Crippen molar-refractivity contribution < 1.29 is 9.53 Å². The molecule has 116 valence electrons. The predicted octanol–water partition coefficient (Wildman–Crippen LogP) is 0.208. The molecular formula is C15H24N4O2. The number of ether oxygens (including phenoxy) is 1. The fourth-order valence-corrected chi connectivity index (χ4v) is 2.60. The Hall–Kier alpha value is -1.63. The molecule has 1 atom stereocenters. The van der Waals surface area contributed by atoms with E-state index in [1.807, 2.05) is 24.3 Å². The van der Waals surface area contributed by atoms with Gasteiger partial charge in [-0.25, -0.2) is 0 Å². The van der Waals surface area contributed by atoms with Gasteiger partial charge in [0, 0.05) is 32.2 Å². The van der Waals surface area contributed by atoms with Crippen LogP contribution in [0.2, 0.25) is 0 Å². The second kappa shape index (κ2) is 7.40. The number of hydrogen-bond donors (Lipinski definition) is 2. The minimum Gasteiger partial charge on any atom is -0.495 e. The van der Waals surface area contributed by atoms with E-state index >= 15 is 0 Å². The molecule has 2 rings (SSSR count). The van der Waals surface area contributed by atoms with Crippen molar-refractivity contribution in [2.24, 2.45) is 5.73 Å². The van der Waals surface area contributed by atoms with Crippen LogP contribution < -0.4 is 15.8 Å². The fraction of sp³-hybridized carbons (Fsp3) is 0.533. The van der Waals surface area contributed by atoms with Crippen molar-refractivity contribution in [1.82, 2.24) is 9.80 Å². The van der Waals surface area contributed by atoms with Crippen molar-refractivity contribution in [1.29, 1.82) is 0 Å². The molecule has 1 saturated heterocycles. The number of hydrogen-bond acceptors (Lipinski definition) is 5. The number of amides is 1. The molecule has 6 nitrogen and oxygen atoms in total. The number of nitrogens with one attached hydrogen (secondary N) is 1. The van der Waals surface area contributed by atoms with Gasteiger partial charge in [-0.2, -0.15) is 0 Å². The van der Waals surface area contributed by atoms with Crippen molar-refractivity contribution in [3.63, 3.8) is 0 Å². The van der Waals surface area contributed by atoms with Crippen LogP contribution in [0.1, 0.15) is 0 Å². The Morgan fingerprint density at radius 1 is 1.43 bits per heavy atom. The Morgan fingerprint density at radius 2 is 2.19 bits per heavy atom. The molecule has 1 unspecified atom stereocenters. The number of methoxy groups -OCH3 is 1. The number of carbonyl (C=O) groups is 1. The van der Waals surface area contributed by atoms with Crippen LogP contribution in [0.25, 0.3) is 0 Å². The zero-order valence-corrected chi connectivity index (χ0v) is 12.7. The third-order valence-corrected chi connectivity index (χ3v) is 3.81. The Labute approximate surface area is 125 Å². The Balaban J connectivity index is 1.95. The van der Waals surface area contributed by atoms with Gasteiger partial charge in [-0.1, -0.05) is 12.1 Å². The van der Waals surface area contributed by atoms with Gasteiger partial charge in [0.2, 0.25) is 5.91 Å². The molecule has 1 heterocycles. The smallest absolute Gasteiger partial charge is 0.238 e. The van der Waals surface area contributed by atoms with Gasteiger partial charge in [0.05, 0.1) is 19.3 Å². The second-order valence-electron chi connectivity index (χ2n) is 5.37. The van der Waals surface area contributed by atoms with E-state index < -0.39 is 0 Å². The monoisotopic (exact) mass is 292 g/mol.